The lowest BCUT2D eigenvalue weighted by molar-refractivity contribution is -0.137. The minimum absolute atomic E-state index is 0.0637. The third-order valence-electron chi connectivity index (χ3n) is 4.01. The Hall–Kier alpha value is -1.92. The molecule has 1 saturated carbocycles. The Morgan fingerprint density at radius 2 is 1.82 bits per heavy atom. The molecule has 2 amide bonds. The second-order valence-corrected chi connectivity index (χ2v) is 5.75. The van der Waals surface area contributed by atoms with E-state index in [1.54, 1.807) is 11.0 Å². The molecule has 0 spiro atoms. The van der Waals surface area contributed by atoms with Gasteiger partial charge in [0.25, 0.3) is 0 Å². The van der Waals surface area contributed by atoms with E-state index in [1.165, 1.54) is 12.1 Å². The molecule has 0 aromatic heterocycles. The molecule has 1 saturated heterocycles. The van der Waals surface area contributed by atoms with Gasteiger partial charge in [-0.3, -0.25) is 0 Å². The first kappa shape index (κ1) is 15.0. The Labute approximate surface area is 126 Å². The third kappa shape index (κ3) is 3.45. The van der Waals surface area contributed by atoms with E-state index in [9.17, 15) is 18.0 Å². The van der Waals surface area contributed by atoms with Crippen LogP contribution >= 0.6 is 0 Å². The van der Waals surface area contributed by atoms with E-state index in [2.05, 4.69) is 5.32 Å². The van der Waals surface area contributed by atoms with Crippen LogP contribution in [0.15, 0.2) is 24.3 Å². The summed E-state index contributed by atoms with van der Waals surface area (Å²) >= 11 is 0. The molecule has 1 aromatic carbocycles. The number of anilines is 1. The van der Waals surface area contributed by atoms with Gasteiger partial charge in [-0.25, -0.2) is 4.79 Å². The standard InChI is InChI=1S/C15H18F3N3O/c16-15(17,18)11-2-1-3-13(10-11)20-6-8-21(9-7-20)14(22)19-12-4-5-12/h1-3,10,12H,4-9H2,(H,19,22). The summed E-state index contributed by atoms with van der Waals surface area (Å²) in [6.07, 6.45) is -2.26. The van der Waals surface area contributed by atoms with Crippen LogP contribution in [0.5, 0.6) is 0 Å². The van der Waals surface area contributed by atoms with Crippen molar-refractivity contribution in [2.75, 3.05) is 31.1 Å². The van der Waals surface area contributed by atoms with Gasteiger partial charge in [0, 0.05) is 37.9 Å². The fraction of sp³-hybridized carbons (Fsp3) is 0.533. The van der Waals surface area contributed by atoms with E-state index in [0.29, 0.717) is 37.9 Å². The molecular formula is C15H18F3N3O. The highest BCUT2D eigenvalue weighted by Crippen LogP contribution is 2.31. The lowest BCUT2D eigenvalue weighted by Gasteiger charge is -2.36. The molecule has 0 bridgehead atoms. The monoisotopic (exact) mass is 313 g/mol. The molecule has 2 aliphatic rings. The maximum Gasteiger partial charge on any atom is 0.416 e. The summed E-state index contributed by atoms with van der Waals surface area (Å²) in [5.41, 5.74) is -0.0871. The number of carbonyl (C=O) groups is 1. The number of amides is 2. The second-order valence-electron chi connectivity index (χ2n) is 5.75. The van der Waals surface area contributed by atoms with Crippen molar-refractivity contribution in [3.8, 4) is 0 Å². The Morgan fingerprint density at radius 3 is 2.41 bits per heavy atom. The number of halogens is 3. The van der Waals surface area contributed by atoms with Crippen LogP contribution in [0.3, 0.4) is 0 Å². The zero-order chi connectivity index (χ0) is 15.7. The number of benzene rings is 1. The SMILES string of the molecule is O=C(NC1CC1)N1CCN(c2cccc(C(F)(F)F)c2)CC1. The van der Waals surface area contributed by atoms with Crippen molar-refractivity contribution in [3.63, 3.8) is 0 Å². The average molecular weight is 313 g/mol. The molecule has 1 aliphatic heterocycles. The molecule has 3 rings (SSSR count). The van der Waals surface area contributed by atoms with Gasteiger partial charge >= 0.3 is 12.2 Å². The zero-order valence-electron chi connectivity index (χ0n) is 12.1. The number of hydrogen-bond donors (Lipinski definition) is 1. The highest BCUT2D eigenvalue weighted by atomic mass is 19.4. The third-order valence-corrected chi connectivity index (χ3v) is 4.01. The molecule has 0 atom stereocenters. The van der Waals surface area contributed by atoms with Gasteiger partial charge in [-0.05, 0) is 31.0 Å². The summed E-state index contributed by atoms with van der Waals surface area (Å²) in [5.74, 6) is 0. The number of nitrogens with zero attached hydrogens (tertiary/aromatic N) is 2. The highest BCUT2D eigenvalue weighted by molar-refractivity contribution is 5.75. The van der Waals surface area contributed by atoms with Gasteiger partial charge in [0.05, 0.1) is 5.56 Å². The van der Waals surface area contributed by atoms with Crippen LogP contribution in [0.4, 0.5) is 23.7 Å². The number of hydrogen-bond acceptors (Lipinski definition) is 2. The molecule has 4 nitrogen and oxygen atoms in total. The van der Waals surface area contributed by atoms with E-state index in [-0.39, 0.29) is 6.03 Å². The molecule has 0 radical (unpaired) electrons. The van der Waals surface area contributed by atoms with Gasteiger partial charge in [0.1, 0.15) is 0 Å². The fourth-order valence-corrected chi connectivity index (χ4v) is 2.54. The fourth-order valence-electron chi connectivity index (χ4n) is 2.54. The van der Waals surface area contributed by atoms with Crippen molar-refractivity contribution in [3.05, 3.63) is 29.8 Å². The van der Waals surface area contributed by atoms with E-state index in [0.717, 1.165) is 18.9 Å². The molecular weight excluding hydrogens is 295 g/mol. The summed E-state index contributed by atoms with van der Waals surface area (Å²) < 4.78 is 38.3. The van der Waals surface area contributed by atoms with Crippen LogP contribution in [-0.4, -0.2) is 43.2 Å². The summed E-state index contributed by atoms with van der Waals surface area (Å²) in [6.45, 7) is 2.13. The summed E-state index contributed by atoms with van der Waals surface area (Å²) in [5, 5.41) is 2.93. The lowest BCUT2D eigenvalue weighted by Crippen LogP contribution is -2.52. The highest BCUT2D eigenvalue weighted by Gasteiger charge is 2.31. The van der Waals surface area contributed by atoms with Crippen molar-refractivity contribution in [2.24, 2.45) is 0 Å². The molecule has 7 heteroatoms. The van der Waals surface area contributed by atoms with Gasteiger partial charge < -0.3 is 15.1 Å². The Kier molecular flexibility index (Phi) is 3.88. The first-order chi connectivity index (χ1) is 10.4. The Balaban J connectivity index is 1.60. The number of carbonyl (C=O) groups excluding carboxylic acids is 1. The lowest BCUT2D eigenvalue weighted by atomic mass is 10.1. The number of rotatable bonds is 2. The smallest absolute Gasteiger partial charge is 0.368 e. The molecule has 120 valence electrons. The largest absolute Gasteiger partial charge is 0.416 e. The van der Waals surface area contributed by atoms with E-state index in [4.69, 9.17) is 0 Å². The quantitative estimate of drug-likeness (QED) is 0.911. The average Bonchev–Trinajstić information content (AvgIpc) is 3.31. The number of alkyl halides is 3. The minimum atomic E-state index is -4.33. The number of urea groups is 1. The summed E-state index contributed by atoms with van der Waals surface area (Å²) in [7, 11) is 0. The maximum atomic E-state index is 12.8. The molecule has 1 heterocycles. The molecule has 2 fully saturated rings. The first-order valence-corrected chi connectivity index (χ1v) is 7.41. The van der Waals surface area contributed by atoms with Crippen LogP contribution in [-0.2, 0) is 6.18 Å². The molecule has 22 heavy (non-hydrogen) atoms. The van der Waals surface area contributed by atoms with Gasteiger partial charge in [0.15, 0.2) is 0 Å². The maximum absolute atomic E-state index is 12.8. The minimum Gasteiger partial charge on any atom is -0.368 e. The predicted octanol–water partition coefficient (Wildman–Crippen LogP) is 2.70. The predicted molar refractivity (Wildman–Crippen MR) is 76.8 cm³/mol. The zero-order valence-corrected chi connectivity index (χ0v) is 12.1. The van der Waals surface area contributed by atoms with Gasteiger partial charge in [-0.15, -0.1) is 0 Å². The summed E-state index contributed by atoms with van der Waals surface area (Å²) in [6, 6.07) is 5.59. The Bertz CT molecular complexity index is 549. The number of piperazine rings is 1. The van der Waals surface area contributed by atoms with E-state index < -0.39 is 11.7 Å². The topological polar surface area (TPSA) is 35.6 Å². The van der Waals surface area contributed by atoms with Crippen molar-refractivity contribution >= 4 is 11.7 Å². The van der Waals surface area contributed by atoms with Gasteiger partial charge in [-0.1, -0.05) is 6.07 Å². The number of nitrogens with one attached hydrogen (secondary N) is 1. The van der Waals surface area contributed by atoms with Crippen molar-refractivity contribution in [1.82, 2.24) is 10.2 Å². The second kappa shape index (κ2) is 5.70. The van der Waals surface area contributed by atoms with Crippen molar-refractivity contribution < 1.29 is 18.0 Å². The van der Waals surface area contributed by atoms with Crippen LogP contribution < -0.4 is 10.2 Å². The van der Waals surface area contributed by atoms with Crippen LogP contribution in [0.1, 0.15) is 18.4 Å². The first-order valence-electron chi connectivity index (χ1n) is 7.41. The van der Waals surface area contributed by atoms with Crippen molar-refractivity contribution in [1.29, 1.82) is 0 Å². The van der Waals surface area contributed by atoms with Crippen LogP contribution in [0.25, 0.3) is 0 Å². The molecule has 1 N–H and O–H groups in total. The van der Waals surface area contributed by atoms with Gasteiger partial charge in [0.2, 0.25) is 0 Å². The van der Waals surface area contributed by atoms with E-state index >= 15 is 0 Å². The molecule has 1 aliphatic carbocycles. The molecule has 0 unspecified atom stereocenters. The molecule has 1 aromatic rings. The summed E-state index contributed by atoms with van der Waals surface area (Å²) in [4.78, 5) is 15.5. The van der Waals surface area contributed by atoms with Crippen molar-refractivity contribution in [2.45, 2.75) is 25.1 Å². The normalized spacial score (nSPS) is 19.2. The van der Waals surface area contributed by atoms with Crippen LogP contribution in [0.2, 0.25) is 0 Å². The van der Waals surface area contributed by atoms with Gasteiger partial charge in [-0.2, -0.15) is 13.2 Å². The van der Waals surface area contributed by atoms with E-state index in [1.807, 2.05) is 4.90 Å². The Morgan fingerprint density at radius 1 is 1.14 bits per heavy atom. The van der Waals surface area contributed by atoms with Crippen LogP contribution in [0, 0.1) is 0 Å².